The number of hydrogen-bond donors (Lipinski definition) is 3. The standard InChI is InChI=1S/C21H18F2N4O2S/c22-17-8-7-16(11-18(17)23)26-19(28)12-25-21(29)27-15-5-3-4-14(10-15)13-30-20-6-1-2-9-24-20/h1-11H,12-13H2,(H,26,28)(H2,25,27,29). The van der Waals surface area contributed by atoms with Crippen LogP contribution in [0.2, 0.25) is 0 Å². The lowest BCUT2D eigenvalue weighted by Gasteiger charge is -2.10. The first-order chi connectivity index (χ1) is 14.5. The van der Waals surface area contributed by atoms with Crippen LogP contribution in [0.1, 0.15) is 5.56 Å². The highest BCUT2D eigenvalue weighted by Gasteiger charge is 2.09. The maximum atomic E-state index is 13.2. The van der Waals surface area contributed by atoms with Gasteiger partial charge in [-0.2, -0.15) is 0 Å². The van der Waals surface area contributed by atoms with Crippen LogP contribution in [0.25, 0.3) is 0 Å². The number of amides is 3. The molecular weight excluding hydrogens is 410 g/mol. The van der Waals surface area contributed by atoms with Gasteiger partial charge in [0.15, 0.2) is 11.6 Å². The van der Waals surface area contributed by atoms with E-state index < -0.39 is 23.6 Å². The summed E-state index contributed by atoms with van der Waals surface area (Å²) in [5.41, 5.74) is 1.67. The Hall–Kier alpha value is -3.46. The summed E-state index contributed by atoms with van der Waals surface area (Å²) in [7, 11) is 0. The van der Waals surface area contributed by atoms with Crippen LogP contribution >= 0.6 is 11.8 Å². The molecule has 3 N–H and O–H groups in total. The van der Waals surface area contributed by atoms with E-state index in [0.717, 1.165) is 22.7 Å². The molecule has 0 unspecified atom stereocenters. The number of hydrogen-bond acceptors (Lipinski definition) is 4. The Bertz CT molecular complexity index is 1030. The van der Waals surface area contributed by atoms with Crippen molar-refractivity contribution in [3.8, 4) is 0 Å². The molecule has 0 aliphatic heterocycles. The fourth-order valence-electron chi connectivity index (χ4n) is 2.44. The highest BCUT2D eigenvalue weighted by atomic mass is 32.2. The van der Waals surface area contributed by atoms with Crippen molar-refractivity contribution in [2.45, 2.75) is 10.8 Å². The number of urea groups is 1. The van der Waals surface area contributed by atoms with E-state index in [0.29, 0.717) is 11.4 Å². The minimum Gasteiger partial charge on any atom is -0.329 e. The van der Waals surface area contributed by atoms with Crippen molar-refractivity contribution < 1.29 is 18.4 Å². The quantitative estimate of drug-likeness (QED) is 0.487. The van der Waals surface area contributed by atoms with E-state index in [1.54, 1.807) is 24.0 Å². The minimum absolute atomic E-state index is 0.0965. The predicted molar refractivity (Wildman–Crippen MR) is 112 cm³/mol. The highest BCUT2D eigenvalue weighted by Crippen LogP contribution is 2.22. The van der Waals surface area contributed by atoms with E-state index in [-0.39, 0.29) is 12.2 Å². The molecule has 6 nitrogen and oxygen atoms in total. The van der Waals surface area contributed by atoms with Crippen molar-refractivity contribution in [1.82, 2.24) is 10.3 Å². The Morgan fingerprint density at radius 2 is 1.73 bits per heavy atom. The van der Waals surface area contributed by atoms with Crippen LogP contribution in [0.4, 0.5) is 25.0 Å². The molecule has 3 aromatic rings. The van der Waals surface area contributed by atoms with Crippen molar-refractivity contribution in [1.29, 1.82) is 0 Å². The Labute approximate surface area is 176 Å². The zero-order valence-corrected chi connectivity index (χ0v) is 16.5. The second-order valence-electron chi connectivity index (χ2n) is 6.14. The fourth-order valence-corrected chi connectivity index (χ4v) is 3.25. The van der Waals surface area contributed by atoms with E-state index in [2.05, 4.69) is 20.9 Å². The molecule has 0 atom stereocenters. The maximum absolute atomic E-state index is 13.2. The molecule has 0 bridgehead atoms. The van der Waals surface area contributed by atoms with Crippen LogP contribution in [-0.2, 0) is 10.5 Å². The van der Waals surface area contributed by atoms with Gasteiger partial charge in [-0.1, -0.05) is 18.2 Å². The molecule has 0 fully saturated rings. The van der Waals surface area contributed by atoms with Crippen LogP contribution in [0.5, 0.6) is 0 Å². The van der Waals surface area contributed by atoms with Crippen molar-refractivity contribution in [2.75, 3.05) is 17.2 Å². The zero-order valence-electron chi connectivity index (χ0n) is 15.7. The number of thioether (sulfide) groups is 1. The van der Waals surface area contributed by atoms with Gasteiger partial charge in [0, 0.05) is 29.4 Å². The van der Waals surface area contributed by atoms with Gasteiger partial charge in [0.05, 0.1) is 11.6 Å². The van der Waals surface area contributed by atoms with E-state index in [4.69, 9.17) is 0 Å². The Morgan fingerprint density at radius 1 is 0.900 bits per heavy atom. The molecule has 0 aliphatic carbocycles. The molecule has 1 aromatic heterocycles. The topological polar surface area (TPSA) is 83.1 Å². The Kier molecular flexibility index (Phi) is 7.34. The number of aromatic nitrogens is 1. The van der Waals surface area contributed by atoms with Gasteiger partial charge in [0.2, 0.25) is 5.91 Å². The second kappa shape index (κ2) is 10.4. The molecule has 154 valence electrons. The first-order valence-electron chi connectivity index (χ1n) is 8.92. The van der Waals surface area contributed by atoms with E-state index in [1.807, 2.05) is 36.4 Å². The number of pyridine rings is 1. The largest absolute Gasteiger partial charge is 0.329 e. The normalized spacial score (nSPS) is 10.3. The molecule has 0 spiro atoms. The van der Waals surface area contributed by atoms with Crippen LogP contribution < -0.4 is 16.0 Å². The molecule has 3 amide bonds. The minimum atomic E-state index is -1.07. The van der Waals surface area contributed by atoms with Crippen molar-refractivity contribution in [3.63, 3.8) is 0 Å². The number of halogens is 2. The van der Waals surface area contributed by atoms with Gasteiger partial charge in [-0.25, -0.2) is 18.6 Å². The summed E-state index contributed by atoms with van der Waals surface area (Å²) < 4.78 is 26.1. The fraction of sp³-hybridized carbons (Fsp3) is 0.0952. The second-order valence-corrected chi connectivity index (χ2v) is 7.14. The first kappa shape index (κ1) is 21.3. The van der Waals surface area contributed by atoms with Crippen LogP contribution in [0, 0.1) is 11.6 Å². The monoisotopic (exact) mass is 428 g/mol. The lowest BCUT2D eigenvalue weighted by molar-refractivity contribution is -0.115. The maximum Gasteiger partial charge on any atom is 0.319 e. The molecule has 30 heavy (non-hydrogen) atoms. The summed E-state index contributed by atoms with van der Waals surface area (Å²) in [6.45, 7) is -0.333. The highest BCUT2D eigenvalue weighted by molar-refractivity contribution is 7.98. The van der Waals surface area contributed by atoms with Gasteiger partial charge in [-0.05, 0) is 42.0 Å². The number of nitrogens with one attached hydrogen (secondary N) is 3. The zero-order chi connectivity index (χ0) is 21.3. The molecule has 2 aromatic carbocycles. The molecule has 1 heterocycles. The Balaban J connectivity index is 1.46. The lowest BCUT2D eigenvalue weighted by Crippen LogP contribution is -2.35. The average molecular weight is 428 g/mol. The van der Waals surface area contributed by atoms with E-state index in [1.165, 1.54) is 6.07 Å². The van der Waals surface area contributed by atoms with Gasteiger partial charge in [0.1, 0.15) is 0 Å². The summed E-state index contributed by atoms with van der Waals surface area (Å²) in [6.07, 6.45) is 1.73. The summed E-state index contributed by atoms with van der Waals surface area (Å²) >= 11 is 1.58. The van der Waals surface area contributed by atoms with Gasteiger partial charge < -0.3 is 16.0 Å². The number of nitrogens with zero attached hydrogens (tertiary/aromatic N) is 1. The summed E-state index contributed by atoms with van der Waals surface area (Å²) in [4.78, 5) is 28.1. The molecule has 0 saturated carbocycles. The molecular formula is C21H18F2N4O2S. The summed E-state index contributed by atoms with van der Waals surface area (Å²) in [5.74, 6) is -1.97. The number of carbonyl (C=O) groups is 2. The van der Waals surface area contributed by atoms with Crippen LogP contribution in [0.15, 0.2) is 71.9 Å². The van der Waals surface area contributed by atoms with Crippen LogP contribution in [-0.4, -0.2) is 23.5 Å². The molecule has 0 saturated heterocycles. The number of anilines is 2. The first-order valence-corrected chi connectivity index (χ1v) is 9.91. The molecule has 0 radical (unpaired) electrons. The molecule has 9 heteroatoms. The predicted octanol–water partition coefficient (Wildman–Crippen LogP) is 4.41. The number of rotatable bonds is 7. The smallest absolute Gasteiger partial charge is 0.319 e. The third kappa shape index (κ3) is 6.56. The van der Waals surface area contributed by atoms with Gasteiger partial charge in [0.25, 0.3) is 0 Å². The van der Waals surface area contributed by atoms with Crippen molar-refractivity contribution in [2.24, 2.45) is 0 Å². The van der Waals surface area contributed by atoms with Gasteiger partial charge in [-0.15, -0.1) is 11.8 Å². The summed E-state index contributed by atoms with van der Waals surface area (Å²) in [5, 5.41) is 8.34. The van der Waals surface area contributed by atoms with Crippen molar-refractivity contribution in [3.05, 3.63) is 84.1 Å². The van der Waals surface area contributed by atoms with E-state index in [9.17, 15) is 18.4 Å². The van der Waals surface area contributed by atoms with Gasteiger partial charge in [-0.3, -0.25) is 4.79 Å². The Morgan fingerprint density at radius 3 is 2.50 bits per heavy atom. The van der Waals surface area contributed by atoms with E-state index >= 15 is 0 Å². The SMILES string of the molecule is O=C(CNC(=O)Nc1cccc(CSc2ccccn2)c1)Nc1ccc(F)c(F)c1. The third-order valence-electron chi connectivity index (χ3n) is 3.82. The van der Waals surface area contributed by atoms with Crippen molar-refractivity contribution >= 4 is 35.1 Å². The molecule has 0 aliphatic rings. The van der Waals surface area contributed by atoms with Crippen LogP contribution in [0.3, 0.4) is 0 Å². The average Bonchev–Trinajstić information content (AvgIpc) is 2.74. The lowest BCUT2D eigenvalue weighted by atomic mass is 10.2. The number of carbonyl (C=O) groups excluding carboxylic acids is 2. The molecule has 3 rings (SSSR count). The summed E-state index contributed by atoms with van der Waals surface area (Å²) in [6, 6.07) is 15.4. The number of benzene rings is 2. The van der Waals surface area contributed by atoms with Gasteiger partial charge >= 0.3 is 6.03 Å². The third-order valence-corrected chi connectivity index (χ3v) is 4.84.